The van der Waals surface area contributed by atoms with E-state index < -0.39 is 6.17 Å². The van der Waals surface area contributed by atoms with Crippen LogP contribution in [0.1, 0.15) is 82.8 Å². The third-order valence-corrected chi connectivity index (χ3v) is 5.12. The van der Waals surface area contributed by atoms with Crippen LogP contribution in [-0.4, -0.2) is 16.1 Å². The molecule has 0 amide bonds. The average molecular weight is 389 g/mol. The summed E-state index contributed by atoms with van der Waals surface area (Å²) in [6, 6.07) is 5.14. The molecule has 0 saturated carbocycles. The van der Waals surface area contributed by atoms with Crippen molar-refractivity contribution in [1.82, 2.24) is 9.97 Å². The summed E-state index contributed by atoms with van der Waals surface area (Å²) in [5.74, 6) is 0.107. The molecular formula is C24H34F2N2. The van der Waals surface area contributed by atoms with Gasteiger partial charge in [-0.3, -0.25) is 0 Å². The summed E-state index contributed by atoms with van der Waals surface area (Å²) >= 11 is 0. The first-order valence-corrected chi connectivity index (χ1v) is 10.8. The van der Waals surface area contributed by atoms with E-state index in [4.69, 9.17) is 0 Å². The molecule has 2 nitrogen and oxygen atoms in total. The Balaban J connectivity index is 1.82. The molecule has 0 radical (unpaired) electrons. The van der Waals surface area contributed by atoms with Crippen molar-refractivity contribution in [1.29, 1.82) is 0 Å². The fourth-order valence-corrected chi connectivity index (χ4v) is 3.39. The Morgan fingerprint density at radius 1 is 0.857 bits per heavy atom. The molecule has 0 saturated heterocycles. The number of unbranched alkanes of at least 4 members (excludes halogenated alkanes) is 6. The first kappa shape index (κ1) is 22.4. The summed E-state index contributed by atoms with van der Waals surface area (Å²) in [4.78, 5) is 8.73. The summed E-state index contributed by atoms with van der Waals surface area (Å²) in [5.41, 5.74) is 2.41. The van der Waals surface area contributed by atoms with E-state index in [0.717, 1.165) is 30.4 Å². The van der Waals surface area contributed by atoms with Gasteiger partial charge in [0.1, 0.15) is 5.82 Å². The van der Waals surface area contributed by atoms with Crippen molar-refractivity contribution in [2.45, 2.75) is 90.6 Å². The fourth-order valence-electron chi connectivity index (χ4n) is 3.39. The maximum atomic E-state index is 14.4. The van der Waals surface area contributed by atoms with Gasteiger partial charge < -0.3 is 0 Å². The molecule has 154 valence electrons. The minimum absolute atomic E-state index is 0.314. The largest absolute Gasteiger partial charge is 0.248 e. The Labute approximate surface area is 168 Å². The number of aryl methyl sites for hydroxylation is 2. The number of rotatable bonds is 13. The molecule has 1 aromatic carbocycles. The molecule has 1 atom stereocenters. The van der Waals surface area contributed by atoms with Crippen LogP contribution >= 0.6 is 0 Å². The molecule has 0 bridgehead atoms. The quantitative estimate of drug-likeness (QED) is 0.338. The van der Waals surface area contributed by atoms with Crippen molar-refractivity contribution < 1.29 is 8.78 Å². The minimum Gasteiger partial charge on any atom is -0.248 e. The highest BCUT2D eigenvalue weighted by molar-refractivity contribution is 5.56. The van der Waals surface area contributed by atoms with Gasteiger partial charge in [0.2, 0.25) is 0 Å². The van der Waals surface area contributed by atoms with Gasteiger partial charge >= 0.3 is 0 Å². The number of alkyl halides is 1. The molecule has 1 heterocycles. The first-order chi connectivity index (χ1) is 13.6. The normalized spacial score (nSPS) is 12.3. The van der Waals surface area contributed by atoms with Gasteiger partial charge in [-0.15, -0.1) is 0 Å². The van der Waals surface area contributed by atoms with Crippen LogP contribution in [0.3, 0.4) is 0 Å². The van der Waals surface area contributed by atoms with E-state index >= 15 is 0 Å². The highest BCUT2D eigenvalue weighted by Crippen LogP contribution is 2.21. The molecule has 0 fully saturated rings. The summed E-state index contributed by atoms with van der Waals surface area (Å²) in [7, 11) is 0. The van der Waals surface area contributed by atoms with E-state index in [0.29, 0.717) is 24.2 Å². The predicted molar refractivity (Wildman–Crippen MR) is 113 cm³/mol. The maximum absolute atomic E-state index is 14.4. The summed E-state index contributed by atoms with van der Waals surface area (Å²) < 4.78 is 27.3. The maximum Gasteiger partial charge on any atom is 0.162 e. The molecule has 2 aromatic rings. The van der Waals surface area contributed by atoms with Gasteiger partial charge in [-0.1, -0.05) is 51.5 Å². The molecule has 2 rings (SSSR count). The minimum atomic E-state index is -0.808. The Hall–Kier alpha value is -1.84. The fraction of sp³-hybridized carbons (Fsp3) is 0.583. The standard InChI is InChI=1S/C24H34F2N2/c1-3-4-5-6-7-8-9-12-21-17-27-24(28-18-21)22-15-14-20(16-23(22)26)13-10-11-19(2)25/h14-19H,3-13H2,1-2H3. The molecule has 28 heavy (non-hydrogen) atoms. The molecule has 0 aliphatic rings. The van der Waals surface area contributed by atoms with Crippen molar-refractivity contribution in [2.75, 3.05) is 0 Å². The van der Waals surface area contributed by atoms with Crippen LogP contribution in [0.5, 0.6) is 0 Å². The van der Waals surface area contributed by atoms with Crippen molar-refractivity contribution in [3.63, 3.8) is 0 Å². The van der Waals surface area contributed by atoms with E-state index in [-0.39, 0.29) is 5.82 Å². The first-order valence-electron chi connectivity index (χ1n) is 10.8. The lowest BCUT2D eigenvalue weighted by Gasteiger charge is -2.07. The van der Waals surface area contributed by atoms with Crippen LogP contribution in [0.4, 0.5) is 8.78 Å². The Morgan fingerprint density at radius 2 is 1.50 bits per heavy atom. The van der Waals surface area contributed by atoms with Crippen LogP contribution in [0.2, 0.25) is 0 Å². The lowest BCUT2D eigenvalue weighted by Crippen LogP contribution is -1.97. The number of benzene rings is 1. The molecule has 1 aromatic heterocycles. The van der Waals surface area contributed by atoms with Gasteiger partial charge in [0.05, 0.1) is 11.7 Å². The molecular weight excluding hydrogens is 354 g/mol. The highest BCUT2D eigenvalue weighted by atomic mass is 19.1. The van der Waals surface area contributed by atoms with E-state index in [1.54, 1.807) is 13.0 Å². The molecule has 1 unspecified atom stereocenters. The number of nitrogens with zero attached hydrogens (tertiary/aromatic N) is 2. The summed E-state index contributed by atoms with van der Waals surface area (Å²) in [5, 5.41) is 0. The van der Waals surface area contributed by atoms with Gasteiger partial charge in [0, 0.05) is 12.4 Å². The Kier molecular flexibility index (Phi) is 10.1. The van der Waals surface area contributed by atoms with Gasteiger partial charge in [0.15, 0.2) is 5.82 Å². The monoisotopic (exact) mass is 388 g/mol. The second-order valence-corrected chi connectivity index (χ2v) is 7.77. The topological polar surface area (TPSA) is 25.8 Å². The number of halogens is 2. The van der Waals surface area contributed by atoms with E-state index in [1.165, 1.54) is 44.6 Å². The van der Waals surface area contributed by atoms with Crippen molar-refractivity contribution >= 4 is 0 Å². The van der Waals surface area contributed by atoms with Crippen LogP contribution in [0, 0.1) is 5.82 Å². The van der Waals surface area contributed by atoms with Crippen molar-refractivity contribution in [3.05, 3.63) is 47.5 Å². The highest BCUT2D eigenvalue weighted by Gasteiger charge is 2.09. The van der Waals surface area contributed by atoms with E-state index in [1.807, 2.05) is 18.5 Å². The van der Waals surface area contributed by atoms with Gasteiger partial charge in [-0.05, 0) is 62.3 Å². The van der Waals surface area contributed by atoms with Gasteiger partial charge in [-0.25, -0.2) is 18.7 Å². The molecule has 0 aliphatic carbocycles. The van der Waals surface area contributed by atoms with Crippen LogP contribution in [0.25, 0.3) is 11.4 Å². The average Bonchev–Trinajstić information content (AvgIpc) is 2.68. The number of hydrogen-bond donors (Lipinski definition) is 0. The lowest BCUT2D eigenvalue weighted by molar-refractivity contribution is 0.334. The molecule has 4 heteroatoms. The Bertz CT molecular complexity index is 684. The zero-order valence-corrected chi connectivity index (χ0v) is 17.4. The SMILES string of the molecule is CCCCCCCCCc1cnc(-c2ccc(CCCC(C)F)cc2F)nc1. The second-order valence-electron chi connectivity index (χ2n) is 7.77. The predicted octanol–water partition coefficient (Wildman–Crippen LogP) is 7.26. The molecule has 0 spiro atoms. The van der Waals surface area contributed by atoms with Crippen LogP contribution < -0.4 is 0 Å². The second kappa shape index (κ2) is 12.6. The van der Waals surface area contributed by atoms with E-state index in [2.05, 4.69) is 16.9 Å². The number of aromatic nitrogens is 2. The molecule has 0 aliphatic heterocycles. The van der Waals surface area contributed by atoms with Crippen LogP contribution in [0.15, 0.2) is 30.6 Å². The molecule has 0 N–H and O–H groups in total. The smallest absolute Gasteiger partial charge is 0.162 e. The van der Waals surface area contributed by atoms with Gasteiger partial charge in [0.25, 0.3) is 0 Å². The van der Waals surface area contributed by atoms with Gasteiger partial charge in [-0.2, -0.15) is 0 Å². The lowest BCUT2D eigenvalue weighted by atomic mass is 10.0. The van der Waals surface area contributed by atoms with Crippen LogP contribution in [-0.2, 0) is 12.8 Å². The zero-order chi connectivity index (χ0) is 20.2. The zero-order valence-electron chi connectivity index (χ0n) is 17.4. The summed E-state index contributed by atoms with van der Waals surface area (Å²) in [6.07, 6.45) is 14.7. The van der Waals surface area contributed by atoms with Crippen molar-refractivity contribution in [2.24, 2.45) is 0 Å². The number of hydrogen-bond acceptors (Lipinski definition) is 2. The third-order valence-electron chi connectivity index (χ3n) is 5.12. The third kappa shape index (κ3) is 8.04. The van der Waals surface area contributed by atoms with E-state index in [9.17, 15) is 8.78 Å². The van der Waals surface area contributed by atoms with Crippen molar-refractivity contribution in [3.8, 4) is 11.4 Å². The Morgan fingerprint density at radius 3 is 2.14 bits per heavy atom. The summed E-state index contributed by atoms with van der Waals surface area (Å²) in [6.45, 7) is 3.79.